The van der Waals surface area contributed by atoms with Crippen LogP contribution in [-0.2, 0) is 0 Å². The minimum atomic E-state index is -0.132. The summed E-state index contributed by atoms with van der Waals surface area (Å²) in [6.45, 7) is 4.51. The number of aliphatic hydroxyl groups is 2. The molecule has 4 saturated carbocycles. The molecule has 0 amide bonds. The van der Waals surface area contributed by atoms with E-state index in [-0.39, 0.29) is 25.7 Å². The molecule has 9 unspecified atom stereocenters. The minimum Gasteiger partial charge on any atom is -0.393 e. The zero-order valence-electron chi connectivity index (χ0n) is 14.9. The van der Waals surface area contributed by atoms with Gasteiger partial charge in [-0.05, 0) is 106 Å². The monoisotopic (exact) mass is 340 g/mol. The van der Waals surface area contributed by atoms with Gasteiger partial charge in [-0.3, -0.25) is 0 Å². The van der Waals surface area contributed by atoms with Crippen LogP contribution < -0.4 is 0 Å². The summed E-state index contributed by atoms with van der Waals surface area (Å²) in [6.07, 6.45) is 11.3. The van der Waals surface area contributed by atoms with Crippen LogP contribution in [0.25, 0.3) is 0 Å². The van der Waals surface area contributed by atoms with E-state index in [0.717, 1.165) is 42.4 Å². The van der Waals surface area contributed by atoms with Crippen molar-refractivity contribution in [2.45, 2.75) is 83.8 Å². The van der Waals surface area contributed by atoms with Crippen molar-refractivity contribution >= 4 is 13.5 Å². The minimum absolute atomic E-state index is 0. The average Bonchev–Trinajstić information content (AvgIpc) is 2.84. The van der Waals surface area contributed by atoms with Crippen molar-refractivity contribution < 1.29 is 10.2 Å². The first-order valence-corrected chi connectivity index (χ1v) is 9.87. The van der Waals surface area contributed by atoms with Gasteiger partial charge < -0.3 is 10.2 Å². The first-order valence-electron chi connectivity index (χ1n) is 9.87. The molecule has 0 aliphatic heterocycles. The second-order valence-electron chi connectivity index (χ2n) is 9.37. The summed E-state index contributed by atoms with van der Waals surface area (Å²) in [5.74, 6) is 4.94. The molecule has 0 heterocycles. The van der Waals surface area contributed by atoms with Crippen molar-refractivity contribution in [3.05, 3.63) is 0 Å². The highest BCUT2D eigenvalue weighted by Crippen LogP contribution is 2.64. The van der Waals surface area contributed by atoms with Gasteiger partial charge in [0.15, 0.2) is 0 Å². The molecule has 2 N–H and O–H groups in total. The Morgan fingerprint density at radius 2 is 1.65 bits per heavy atom. The van der Waals surface area contributed by atoms with E-state index in [9.17, 15) is 10.2 Å². The molecule has 4 fully saturated rings. The molecule has 0 aromatic carbocycles. The van der Waals surface area contributed by atoms with E-state index in [4.69, 9.17) is 0 Å². The summed E-state index contributed by atoms with van der Waals surface area (Å²) in [7, 11) is 0. The number of rotatable bonds is 1. The fourth-order valence-electron chi connectivity index (χ4n) is 7.66. The molecule has 4 rings (SSSR count). The fourth-order valence-corrected chi connectivity index (χ4v) is 7.66. The molecule has 0 bridgehead atoms. The number of fused-ring (bicyclic) bond motifs is 5. The SMILES string of the molecule is CC(O)C1CCC2C3CCC4CC(O)CCC4C3CCC12C.S. The largest absolute Gasteiger partial charge is 0.393 e. The third-order valence-corrected chi connectivity index (χ3v) is 8.58. The molecule has 0 aromatic rings. The second kappa shape index (κ2) is 6.53. The molecule has 9 atom stereocenters. The molecule has 4 aliphatic rings. The van der Waals surface area contributed by atoms with E-state index in [1.807, 2.05) is 6.92 Å². The Bertz CT molecular complexity index is 426. The lowest BCUT2D eigenvalue weighted by Crippen LogP contribution is -2.49. The normalized spacial score (nSPS) is 53.5. The molecule has 0 radical (unpaired) electrons. The summed E-state index contributed by atoms with van der Waals surface area (Å²) in [5.41, 5.74) is 0.399. The summed E-state index contributed by atoms with van der Waals surface area (Å²) in [6, 6.07) is 0. The van der Waals surface area contributed by atoms with Gasteiger partial charge >= 0.3 is 0 Å². The fraction of sp³-hybridized carbons (Fsp3) is 1.00. The van der Waals surface area contributed by atoms with E-state index >= 15 is 0 Å². The van der Waals surface area contributed by atoms with Gasteiger partial charge in [-0.1, -0.05) is 6.92 Å². The summed E-state index contributed by atoms with van der Waals surface area (Å²) >= 11 is 0. The Morgan fingerprint density at radius 1 is 0.913 bits per heavy atom. The van der Waals surface area contributed by atoms with Gasteiger partial charge in [0.1, 0.15) is 0 Å². The van der Waals surface area contributed by atoms with Crippen LogP contribution in [-0.4, -0.2) is 22.4 Å². The van der Waals surface area contributed by atoms with Crippen molar-refractivity contribution in [1.29, 1.82) is 0 Å². The van der Waals surface area contributed by atoms with Crippen LogP contribution in [0.5, 0.6) is 0 Å². The molecule has 0 saturated heterocycles. The lowest BCUT2D eigenvalue weighted by Gasteiger charge is -2.56. The molecule has 3 heteroatoms. The van der Waals surface area contributed by atoms with Crippen molar-refractivity contribution in [1.82, 2.24) is 0 Å². The highest BCUT2D eigenvalue weighted by molar-refractivity contribution is 7.59. The van der Waals surface area contributed by atoms with Crippen molar-refractivity contribution in [2.75, 3.05) is 0 Å². The maximum absolute atomic E-state index is 10.2. The van der Waals surface area contributed by atoms with Crippen LogP contribution in [0.15, 0.2) is 0 Å². The van der Waals surface area contributed by atoms with Crippen LogP contribution >= 0.6 is 13.5 Å². The highest BCUT2D eigenvalue weighted by Gasteiger charge is 2.57. The van der Waals surface area contributed by atoms with Gasteiger partial charge in [0.25, 0.3) is 0 Å². The average molecular weight is 341 g/mol. The van der Waals surface area contributed by atoms with Crippen LogP contribution in [0.2, 0.25) is 0 Å². The molecule has 23 heavy (non-hydrogen) atoms. The quantitative estimate of drug-likeness (QED) is 0.754. The molecule has 4 aliphatic carbocycles. The third-order valence-electron chi connectivity index (χ3n) is 8.58. The molecule has 2 nitrogen and oxygen atoms in total. The lowest BCUT2D eigenvalue weighted by atomic mass is 9.49. The molecule has 0 aromatic heterocycles. The molecule has 0 spiro atoms. The predicted octanol–water partition coefficient (Wildman–Crippen LogP) is 4.11. The summed E-state index contributed by atoms with van der Waals surface area (Å²) in [4.78, 5) is 0. The standard InChI is InChI=1S/C20H34O2.H2S/c1-12(21)18-7-8-19-17-5-3-13-11-14(22)4-6-15(13)16(17)9-10-20(18,19)2;/h12-19,21-22H,3-11H2,1-2H3;1H2. The zero-order chi connectivity index (χ0) is 15.5. The van der Waals surface area contributed by atoms with E-state index < -0.39 is 0 Å². The van der Waals surface area contributed by atoms with Gasteiger partial charge in [-0.25, -0.2) is 0 Å². The van der Waals surface area contributed by atoms with Gasteiger partial charge in [0, 0.05) is 0 Å². The maximum atomic E-state index is 10.2. The van der Waals surface area contributed by atoms with E-state index in [0.29, 0.717) is 11.3 Å². The van der Waals surface area contributed by atoms with Gasteiger partial charge in [-0.2, -0.15) is 13.5 Å². The van der Waals surface area contributed by atoms with E-state index in [1.54, 1.807) is 0 Å². The predicted molar refractivity (Wildman–Crippen MR) is 98.7 cm³/mol. The summed E-state index contributed by atoms with van der Waals surface area (Å²) < 4.78 is 0. The smallest absolute Gasteiger partial charge is 0.0545 e. The molecule has 134 valence electrons. The Hall–Kier alpha value is 0.270. The number of aliphatic hydroxyl groups excluding tert-OH is 2. The van der Waals surface area contributed by atoms with E-state index in [2.05, 4.69) is 6.92 Å². The zero-order valence-corrected chi connectivity index (χ0v) is 15.9. The van der Waals surface area contributed by atoms with Crippen molar-refractivity contribution in [2.24, 2.45) is 40.9 Å². The van der Waals surface area contributed by atoms with Gasteiger partial charge in [-0.15, -0.1) is 0 Å². The summed E-state index contributed by atoms with van der Waals surface area (Å²) in [5, 5.41) is 20.2. The van der Waals surface area contributed by atoms with Crippen LogP contribution in [0.1, 0.15) is 71.6 Å². The molecular formula is C20H36O2S. The highest BCUT2D eigenvalue weighted by atomic mass is 32.1. The Morgan fingerprint density at radius 3 is 2.39 bits per heavy atom. The Kier molecular flexibility index (Phi) is 5.13. The lowest BCUT2D eigenvalue weighted by molar-refractivity contribution is -0.0886. The first-order chi connectivity index (χ1) is 10.5. The topological polar surface area (TPSA) is 40.5 Å². The van der Waals surface area contributed by atoms with Gasteiger partial charge in [0.2, 0.25) is 0 Å². The van der Waals surface area contributed by atoms with Crippen LogP contribution in [0, 0.1) is 40.9 Å². The van der Waals surface area contributed by atoms with Crippen molar-refractivity contribution in [3.8, 4) is 0 Å². The third kappa shape index (κ3) is 2.79. The molecular weight excluding hydrogens is 304 g/mol. The number of hydrogen-bond donors (Lipinski definition) is 2. The van der Waals surface area contributed by atoms with E-state index in [1.165, 1.54) is 44.9 Å². The second-order valence-corrected chi connectivity index (χ2v) is 9.37. The Labute approximate surface area is 148 Å². The van der Waals surface area contributed by atoms with Crippen LogP contribution in [0.4, 0.5) is 0 Å². The maximum Gasteiger partial charge on any atom is 0.0545 e. The van der Waals surface area contributed by atoms with Crippen molar-refractivity contribution in [3.63, 3.8) is 0 Å². The number of hydrogen-bond acceptors (Lipinski definition) is 2. The Balaban J connectivity index is 0.00000156. The van der Waals surface area contributed by atoms with Gasteiger partial charge in [0.05, 0.1) is 12.2 Å². The first kappa shape index (κ1) is 18.1. The van der Waals surface area contributed by atoms with Crippen LogP contribution in [0.3, 0.4) is 0 Å².